The molecule has 2 unspecified atom stereocenters. The molecule has 0 bridgehead atoms. The molecule has 13 heavy (non-hydrogen) atoms. The Labute approximate surface area is 91.5 Å². The van der Waals surface area contributed by atoms with E-state index < -0.39 is 0 Å². The van der Waals surface area contributed by atoms with E-state index in [1.54, 1.807) is 0 Å². The summed E-state index contributed by atoms with van der Waals surface area (Å²) < 4.78 is 5.32. The molecular formula is C7H8Cl2N2OS. The number of halogens is 2. The lowest BCUT2D eigenvalue weighted by Crippen LogP contribution is -2.36. The van der Waals surface area contributed by atoms with E-state index in [0.29, 0.717) is 17.1 Å². The van der Waals surface area contributed by atoms with Crippen molar-refractivity contribution in [1.29, 1.82) is 0 Å². The molecule has 1 saturated heterocycles. The summed E-state index contributed by atoms with van der Waals surface area (Å²) >= 11 is 15.9. The van der Waals surface area contributed by atoms with E-state index in [1.807, 2.05) is 0 Å². The SMILES string of the molecule is SC1OCCC2N=C(Cl)NC(Cl)=C21. The molecule has 72 valence electrons. The Morgan fingerprint density at radius 2 is 2.31 bits per heavy atom. The Balaban J connectivity index is 2.30. The van der Waals surface area contributed by atoms with Gasteiger partial charge >= 0.3 is 0 Å². The highest BCUT2D eigenvalue weighted by molar-refractivity contribution is 7.81. The summed E-state index contributed by atoms with van der Waals surface area (Å²) in [5, 5.41) is 3.57. The van der Waals surface area contributed by atoms with Gasteiger partial charge in [0.1, 0.15) is 10.6 Å². The van der Waals surface area contributed by atoms with Crippen LogP contribution in [-0.2, 0) is 4.74 Å². The number of hydrogen-bond acceptors (Lipinski definition) is 4. The predicted molar refractivity (Wildman–Crippen MR) is 56.4 cm³/mol. The number of nitrogens with one attached hydrogen (secondary N) is 1. The molecule has 6 heteroatoms. The van der Waals surface area contributed by atoms with Crippen molar-refractivity contribution < 1.29 is 4.74 Å². The summed E-state index contributed by atoms with van der Waals surface area (Å²) in [6.45, 7) is 0.639. The monoisotopic (exact) mass is 238 g/mol. The van der Waals surface area contributed by atoms with Crippen molar-refractivity contribution in [3.05, 3.63) is 10.7 Å². The molecule has 0 radical (unpaired) electrons. The molecule has 0 aromatic carbocycles. The van der Waals surface area contributed by atoms with E-state index in [9.17, 15) is 0 Å². The minimum Gasteiger partial charge on any atom is -0.363 e. The fraction of sp³-hybridized carbons (Fsp3) is 0.571. The molecule has 2 aliphatic heterocycles. The van der Waals surface area contributed by atoms with Crippen molar-refractivity contribution in [2.45, 2.75) is 17.9 Å². The van der Waals surface area contributed by atoms with Crippen LogP contribution in [0.25, 0.3) is 0 Å². The molecule has 0 aromatic rings. The van der Waals surface area contributed by atoms with Crippen LogP contribution >= 0.6 is 35.8 Å². The Hall–Kier alpha value is 0.1000. The Kier molecular flexibility index (Phi) is 2.74. The lowest BCUT2D eigenvalue weighted by Gasteiger charge is -2.31. The molecule has 2 aliphatic rings. The molecule has 2 rings (SSSR count). The van der Waals surface area contributed by atoms with Gasteiger partial charge in [0.2, 0.25) is 0 Å². The number of thiol groups is 1. The highest BCUT2D eigenvalue weighted by Gasteiger charge is 2.31. The van der Waals surface area contributed by atoms with Crippen LogP contribution in [0.5, 0.6) is 0 Å². The van der Waals surface area contributed by atoms with Crippen LogP contribution in [0.1, 0.15) is 6.42 Å². The summed E-state index contributed by atoms with van der Waals surface area (Å²) in [6.07, 6.45) is 0.806. The van der Waals surface area contributed by atoms with Gasteiger partial charge in [-0.05, 0) is 18.0 Å². The van der Waals surface area contributed by atoms with E-state index in [0.717, 1.165) is 12.0 Å². The fourth-order valence-electron chi connectivity index (χ4n) is 1.42. The molecule has 3 nitrogen and oxygen atoms in total. The zero-order valence-corrected chi connectivity index (χ0v) is 9.03. The number of rotatable bonds is 0. The molecule has 0 saturated carbocycles. The van der Waals surface area contributed by atoms with Gasteiger partial charge in [-0.1, -0.05) is 11.6 Å². The molecule has 0 aromatic heterocycles. The second kappa shape index (κ2) is 3.69. The maximum absolute atomic E-state index is 5.95. The van der Waals surface area contributed by atoms with Crippen molar-refractivity contribution in [1.82, 2.24) is 5.32 Å². The first-order chi connectivity index (χ1) is 6.18. The first kappa shape index (κ1) is 9.65. The zero-order chi connectivity index (χ0) is 9.42. The number of nitrogens with zero attached hydrogens (tertiary/aromatic N) is 1. The molecule has 0 aliphatic carbocycles. The normalized spacial score (nSPS) is 33.6. The Morgan fingerprint density at radius 3 is 3.08 bits per heavy atom. The van der Waals surface area contributed by atoms with Crippen molar-refractivity contribution in [2.75, 3.05) is 6.61 Å². The van der Waals surface area contributed by atoms with Gasteiger partial charge in [0.05, 0.1) is 12.6 Å². The minimum absolute atomic E-state index is 0.0255. The Bertz CT molecular complexity index is 292. The third-order valence-electron chi connectivity index (χ3n) is 2.03. The van der Waals surface area contributed by atoms with Gasteiger partial charge in [-0.2, -0.15) is 0 Å². The average Bonchev–Trinajstić information content (AvgIpc) is 2.02. The number of aliphatic imine (C=N–C) groups is 1. The second-order valence-electron chi connectivity index (χ2n) is 2.84. The first-order valence-electron chi connectivity index (χ1n) is 3.88. The second-order valence-corrected chi connectivity index (χ2v) is 4.05. The van der Waals surface area contributed by atoms with E-state index >= 15 is 0 Å². The van der Waals surface area contributed by atoms with E-state index in [1.165, 1.54) is 0 Å². The smallest absolute Gasteiger partial charge is 0.197 e. The van der Waals surface area contributed by atoms with Crippen LogP contribution < -0.4 is 5.32 Å². The summed E-state index contributed by atoms with van der Waals surface area (Å²) in [4.78, 5) is 4.20. The van der Waals surface area contributed by atoms with Crippen molar-refractivity contribution in [3.8, 4) is 0 Å². The quantitative estimate of drug-likeness (QED) is 0.498. The topological polar surface area (TPSA) is 33.6 Å². The molecular weight excluding hydrogens is 231 g/mol. The van der Waals surface area contributed by atoms with Gasteiger partial charge in [0, 0.05) is 5.57 Å². The molecule has 0 spiro atoms. The fourth-order valence-corrected chi connectivity index (χ4v) is 2.48. The standard InChI is InChI=1S/C7H8Cl2N2OS/c8-5-4-3(10-7(9)11-5)1-2-12-6(4)13/h3,6,13H,1-2H2,(H,10,11). The molecule has 1 fully saturated rings. The summed E-state index contributed by atoms with van der Waals surface area (Å²) in [5.74, 6) is 0. The maximum atomic E-state index is 5.95. The molecule has 0 amide bonds. The maximum Gasteiger partial charge on any atom is 0.197 e. The van der Waals surface area contributed by atoms with Gasteiger partial charge in [0.15, 0.2) is 5.29 Å². The summed E-state index contributed by atoms with van der Waals surface area (Å²) in [5.41, 5.74) is 0.605. The number of fused-ring (bicyclic) bond motifs is 1. The zero-order valence-electron chi connectivity index (χ0n) is 6.63. The third-order valence-corrected chi connectivity index (χ3v) is 2.96. The first-order valence-corrected chi connectivity index (χ1v) is 5.15. The van der Waals surface area contributed by atoms with Crippen LogP contribution in [0.2, 0.25) is 0 Å². The van der Waals surface area contributed by atoms with Crippen molar-refractivity contribution >= 4 is 41.1 Å². The average molecular weight is 239 g/mol. The van der Waals surface area contributed by atoms with Gasteiger partial charge in [0.25, 0.3) is 0 Å². The highest BCUT2D eigenvalue weighted by atomic mass is 35.5. The van der Waals surface area contributed by atoms with Crippen LogP contribution in [0.15, 0.2) is 15.7 Å². The van der Waals surface area contributed by atoms with Gasteiger partial charge in [-0.25, -0.2) is 4.99 Å². The Morgan fingerprint density at radius 1 is 1.54 bits per heavy atom. The molecule has 2 atom stereocenters. The molecule has 2 heterocycles. The highest BCUT2D eigenvalue weighted by Crippen LogP contribution is 2.31. The molecule has 1 N–H and O–H groups in total. The lowest BCUT2D eigenvalue weighted by molar-refractivity contribution is 0.100. The van der Waals surface area contributed by atoms with Crippen LogP contribution in [0, 0.1) is 0 Å². The van der Waals surface area contributed by atoms with Gasteiger partial charge < -0.3 is 10.1 Å². The van der Waals surface area contributed by atoms with Crippen molar-refractivity contribution in [3.63, 3.8) is 0 Å². The third kappa shape index (κ3) is 1.81. The largest absolute Gasteiger partial charge is 0.363 e. The van der Waals surface area contributed by atoms with Gasteiger partial charge in [-0.15, -0.1) is 12.6 Å². The van der Waals surface area contributed by atoms with Crippen molar-refractivity contribution in [2.24, 2.45) is 4.99 Å². The summed E-state index contributed by atoms with van der Waals surface area (Å²) in [7, 11) is 0. The van der Waals surface area contributed by atoms with Crippen LogP contribution in [0.4, 0.5) is 0 Å². The summed E-state index contributed by atoms with van der Waals surface area (Å²) in [6, 6.07) is 0.0255. The van der Waals surface area contributed by atoms with Crippen LogP contribution in [0.3, 0.4) is 0 Å². The van der Waals surface area contributed by atoms with E-state index in [2.05, 4.69) is 22.9 Å². The predicted octanol–water partition coefficient (Wildman–Crippen LogP) is 1.68. The van der Waals surface area contributed by atoms with Gasteiger partial charge in [-0.3, -0.25) is 0 Å². The lowest BCUT2D eigenvalue weighted by atomic mass is 10.0. The van der Waals surface area contributed by atoms with Crippen LogP contribution in [-0.4, -0.2) is 23.4 Å². The minimum atomic E-state index is -0.271. The van der Waals surface area contributed by atoms with E-state index in [-0.39, 0.29) is 11.5 Å². The number of hydrogen-bond donors (Lipinski definition) is 2. The number of amidine groups is 1. The van der Waals surface area contributed by atoms with E-state index in [4.69, 9.17) is 27.9 Å². The number of ether oxygens (including phenoxy) is 1.